The van der Waals surface area contributed by atoms with Gasteiger partial charge in [-0.1, -0.05) is 57.4 Å². The van der Waals surface area contributed by atoms with Crippen LogP contribution in [0, 0.1) is 39.9 Å². The Labute approximate surface area is 186 Å². The first-order valence-electron chi connectivity index (χ1n) is 13.1. The van der Waals surface area contributed by atoms with E-state index in [1.807, 2.05) is 11.1 Å². The van der Waals surface area contributed by atoms with Crippen LogP contribution in [-0.2, 0) is 0 Å². The van der Waals surface area contributed by atoms with E-state index in [-0.39, 0.29) is 11.5 Å². The molecule has 0 aromatic heterocycles. The van der Waals surface area contributed by atoms with Gasteiger partial charge < -0.3 is 5.11 Å². The van der Waals surface area contributed by atoms with Crippen molar-refractivity contribution in [2.24, 2.45) is 39.9 Å². The van der Waals surface area contributed by atoms with E-state index in [9.17, 15) is 5.11 Å². The molecule has 4 rings (SSSR count). The number of hydrogen-bond acceptors (Lipinski definition) is 1. The fourth-order valence-corrected chi connectivity index (χ4v) is 9.00. The highest BCUT2D eigenvalue weighted by Crippen LogP contribution is 2.68. The van der Waals surface area contributed by atoms with E-state index in [0.717, 1.165) is 24.2 Å². The van der Waals surface area contributed by atoms with Gasteiger partial charge >= 0.3 is 0 Å². The molecule has 0 bridgehead atoms. The molecule has 0 aliphatic heterocycles. The molecule has 2 saturated carbocycles. The Kier molecular flexibility index (Phi) is 5.87. The number of aliphatic hydroxyl groups excluding tert-OH is 1. The Morgan fingerprint density at radius 1 is 0.967 bits per heavy atom. The van der Waals surface area contributed by atoms with Crippen molar-refractivity contribution in [2.45, 2.75) is 119 Å². The first-order chi connectivity index (χ1) is 14.0. The molecule has 0 saturated heterocycles. The normalized spacial score (nSPS) is 43.5. The minimum absolute atomic E-state index is 0.0565. The average Bonchev–Trinajstić information content (AvgIpc) is 3.02. The number of hydrogen-bond donors (Lipinski definition) is 1. The second kappa shape index (κ2) is 7.79. The highest BCUT2D eigenvalue weighted by molar-refractivity contribution is 5.37. The third-order valence-electron chi connectivity index (χ3n) is 10.8. The quantitative estimate of drug-likeness (QED) is 0.462. The van der Waals surface area contributed by atoms with Gasteiger partial charge in [0.1, 0.15) is 0 Å². The van der Waals surface area contributed by atoms with Gasteiger partial charge in [-0.15, -0.1) is 0 Å². The zero-order valence-electron chi connectivity index (χ0n) is 21.0. The Hall–Kier alpha value is -0.560. The Balaban J connectivity index is 1.59. The molecular weight excluding hydrogens is 364 g/mol. The van der Waals surface area contributed by atoms with Gasteiger partial charge in [0.05, 0.1) is 6.10 Å². The number of aliphatic hydroxyl groups is 1. The van der Waals surface area contributed by atoms with Crippen LogP contribution in [0.2, 0.25) is 0 Å². The van der Waals surface area contributed by atoms with Crippen LogP contribution in [0.3, 0.4) is 0 Å². The Morgan fingerprint density at radius 2 is 1.60 bits per heavy atom. The molecule has 0 aromatic carbocycles. The Morgan fingerprint density at radius 3 is 2.30 bits per heavy atom. The van der Waals surface area contributed by atoms with Crippen LogP contribution in [0.25, 0.3) is 0 Å². The lowest BCUT2D eigenvalue weighted by molar-refractivity contribution is -0.0931. The molecule has 0 radical (unpaired) electrons. The van der Waals surface area contributed by atoms with Gasteiger partial charge in [-0.2, -0.15) is 0 Å². The third-order valence-corrected chi connectivity index (χ3v) is 10.8. The van der Waals surface area contributed by atoms with Gasteiger partial charge in [0, 0.05) is 0 Å². The van der Waals surface area contributed by atoms with Crippen molar-refractivity contribution in [3.63, 3.8) is 0 Å². The van der Waals surface area contributed by atoms with Crippen LogP contribution in [0.15, 0.2) is 22.8 Å². The number of fused-ring (bicyclic) bond motifs is 4. The molecule has 0 heterocycles. The minimum Gasteiger partial charge on any atom is -0.393 e. The largest absolute Gasteiger partial charge is 0.393 e. The summed E-state index contributed by atoms with van der Waals surface area (Å²) in [6.45, 7) is 16.9. The van der Waals surface area contributed by atoms with Gasteiger partial charge in [0.15, 0.2) is 0 Å². The predicted molar refractivity (Wildman–Crippen MR) is 128 cm³/mol. The fraction of sp³-hybridized carbons (Fsp3) is 0.862. The summed E-state index contributed by atoms with van der Waals surface area (Å²) in [5.74, 6) is 3.32. The summed E-state index contributed by atoms with van der Waals surface area (Å²) in [5.41, 5.74) is 6.06. The van der Waals surface area contributed by atoms with Crippen molar-refractivity contribution >= 4 is 0 Å². The summed E-state index contributed by atoms with van der Waals surface area (Å²) in [7, 11) is 0. The zero-order chi connectivity index (χ0) is 21.9. The lowest BCUT2D eigenvalue weighted by Crippen LogP contribution is -2.53. The van der Waals surface area contributed by atoms with Crippen molar-refractivity contribution in [1.82, 2.24) is 0 Å². The molecule has 170 valence electrons. The van der Waals surface area contributed by atoms with Crippen molar-refractivity contribution in [1.29, 1.82) is 0 Å². The molecule has 4 aliphatic rings. The maximum atomic E-state index is 10.8. The van der Waals surface area contributed by atoms with E-state index < -0.39 is 0 Å². The van der Waals surface area contributed by atoms with E-state index in [4.69, 9.17) is 0 Å². The van der Waals surface area contributed by atoms with Crippen LogP contribution >= 0.6 is 0 Å². The molecule has 4 aliphatic carbocycles. The molecule has 30 heavy (non-hydrogen) atoms. The van der Waals surface area contributed by atoms with Gasteiger partial charge in [-0.25, -0.2) is 0 Å². The molecule has 1 nitrogen and oxygen atoms in total. The van der Waals surface area contributed by atoms with Crippen LogP contribution in [0.4, 0.5) is 0 Å². The monoisotopic (exact) mass is 412 g/mol. The smallest absolute Gasteiger partial charge is 0.0594 e. The van der Waals surface area contributed by atoms with Gasteiger partial charge in [-0.05, 0) is 118 Å². The van der Waals surface area contributed by atoms with Crippen LogP contribution in [0.1, 0.15) is 113 Å². The van der Waals surface area contributed by atoms with Gasteiger partial charge in [0.2, 0.25) is 0 Å². The summed E-state index contributed by atoms with van der Waals surface area (Å²) >= 11 is 0. The summed E-state index contributed by atoms with van der Waals surface area (Å²) in [6, 6.07) is 0. The SMILES string of the molecule is CC(C)=CCC[C@H](C)[C@H]1CC[C@@]2(C)C3=C(CC[C@H]12)[C@@]1(C)CC[C@H](O)C(C)(C)[C@@H]1CC3. The maximum absolute atomic E-state index is 10.8. The Bertz CT molecular complexity index is 723. The van der Waals surface area contributed by atoms with E-state index in [2.05, 4.69) is 54.5 Å². The minimum atomic E-state index is -0.123. The molecule has 7 atom stereocenters. The summed E-state index contributed by atoms with van der Waals surface area (Å²) in [5, 5.41) is 10.8. The molecule has 2 fully saturated rings. The maximum Gasteiger partial charge on any atom is 0.0594 e. The first-order valence-corrected chi connectivity index (χ1v) is 13.1. The second-order valence-electron chi connectivity index (χ2n) is 12.9. The average molecular weight is 413 g/mol. The van der Waals surface area contributed by atoms with E-state index in [1.165, 1.54) is 63.4 Å². The topological polar surface area (TPSA) is 20.2 Å². The van der Waals surface area contributed by atoms with E-state index in [0.29, 0.717) is 16.7 Å². The van der Waals surface area contributed by atoms with Crippen LogP contribution in [-0.4, -0.2) is 11.2 Å². The van der Waals surface area contributed by atoms with Crippen molar-refractivity contribution < 1.29 is 5.11 Å². The molecule has 0 amide bonds. The summed E-state index contributed by atoms with van der Waals surface area (Å²) < 4.78 is 0. The molecule has 0 aromatic rings. The highest BCUT2D eigenvalue weighted by Gasteiger charge is 2.59. The van der Waals surface area contributed by atoms with Gasteiger partial charge in [0.25, 0.3) is 0 Å². The third kappa shape index (κ3) is 3.37. The van der Waals surface area contributed by atoms with Crippen LogP contribution < -0.4 is 0 Å². The first kappa shape index (κ1) is 22.6. The standard InChI is InChI=1S/C29H48O/c1-19(2)9-8-10-20(3)21-15-17-28(6)22(21)11-12-24-23(28)13-14-25-27(4,5)26(30)16-18-29(24,25)7/h9,20-22,25-26,30H,8,10-18H2,1-7H3/t20-,21+,22+,25-,26-,28+,29+/m0/s1. The highest BCUT2D eigenvalue weighted by atomic mass is 16.3. The van der Waals surface area contributed by atoms with E-state index >= 15 is 0 Å². The lowest BCUT2D eigenvalue weighted by atomic mass is 9.45. The lowest BCUT2D eigenvalue weighted by Gasteiger charge is -2.60. The summed E-state index contributed by atoms with van der Waals surface area (Å²) in [4.78, 5) is 0. The van der Waals surface area contributed by atoms with Crippen molar-refractivity contribution in [3.05, 3.63) is 22.8 Å². The number of rotatable bonds is 4. The second-order valence-corrected chi connectivity index (χ2v) is 12.9. The molecule has 1 heteroatoms. The van der Waals surface area contributed by atoms with E-state index in [1.54, 1.807) is 0 Å². The van der Waals surface area contributed by atoms with Crippen molar-refractivity contribution in [2.75, 3.05) is 0 Å². The molecule has 0 spiro atoms. The molecule has 0 unspecified atom stereocenters. The van der Waals surface area contributed by atoms with Gasteiger partial charge in [-0.3, -0.25) is 0 Å². The van der Waals surface area contributed by atoms with Crippen molar-refractivity contribution in [3.8, 4) is 0 Å². The fourth-order valence-electron chi connectivity index (χ4n) is 9.00. The predicted octanol–water partition coefficient (Wildman–Crippen LogP) is 8.09. The van der Waals surface area contributed by atoms with Crippen LogP contribution in [0.5, 0.6) is 0 Å². The number of allylic oxidation sites excluding steroid dienone is 4. The molecule has 1 N–H and O–H groups in total. The zero-order valence-corrected chi connectivity index (χ0v) is 21.0. The summed E-state index contributed by atoms with van der Waals surface area (Å²) in [6.07, 6.45) is 15.3. The molecular formula is C29H48O.